The highest BCUT2D eigenvalue weighted by Crippen LogP contribution is 2.31. The molecule has 7 nitrogen and oxygen atoms in total. The summed E-state index contributed by atoms with van der Waals surface area (Å²) in [5.74, 6) is -0.871. The second-order valence-corrected chi connectivity index (χ2v) is 9.79. The molecule has 2 aromatic rings. The van der Waals surface area contributed by atoms with Crippen LogP contribution in [0.4, 0.5) is 4.39 Å². The van der Waals surface area contributed by atoms with Gasteiger partial charge in [0.15, 0.2) is 5.78 Å². The number of hydrogen-bond acceptors (Lipinski definition) is 5. The number of ketones is 1. The molecule has 3 rings (SSSR count). The van der Waals surface area contributed by atoms with Crippen LogP contribution in [0, 0.1) is 11.7 Å². The number of benzene rings is 1. The summed E-state index contributed by atoms with van der Waals surface area (Å²) in [4.78, 5) is 46.0. The summed E-state index contributed by atoms with van der Waals surface area (Å²) in [6.07, 6.45) is 8.85. The Morgan fingerprint density at radius 1 is 1.05 bits per heavy atom. The third-order valence-corrected chi connectivity index (χ3v) is 7.41. The number of nitrogens with zero attached hydrogens (tertiary/aromatic N) is 2. The smallest absolute Gasteiger partial charge is 0.245 e. The number of nitrogens with one attached hydrogen (secondary N) is 2. The molecule has 1 fully saturated rings. The molecule has 1 aromatic carbocycles. The van der Waals surface area contributed by atoms with Crippen LogP contribution in [0.15, 0.2) is 42.7 Å². The van der Waals surface area contributed by atoms with Crippen LogP contribution in [-0.4, -0.2) is 53.2 Å². The predicted molar refractivity (Wildman–Crippen MR) is 142 cm³/mol. The van der Waals surface area contributed by atoms with Gasteiger partial charge >= 0.3 is 0 Å². The zero-order valence-electron chi connectivity index (χ0n) is 22.3. The minimum atomic E-state index is -0.602. The van der Waals surface area contributed by atoms with E-state index in [2.05, 4.69) is 15.6 Å². The summed E-state index contributed by atoms with van der Waals surface area (Å²) in [5, 5.41) is 6.00. The SMILES string of the molecule is CCC(c1cncc(C(=O)c2ccc(F)cc2)c1)N(CC)C(=O)C(NC(=O)C(C)NC)C1CCCCC1. The van der Waals surface area contributed by atoms with Crippen molar-refractivity contribution in [3.63, 3.8) is 0 Å². The van der Waals surface area contributed by atoms with Crippen LogP contribution < -0.4 is 10.6 Å². The Hall–Kier alpha value is -3.13. The number of halogens is 1. The Balaban J connectivity index is 1.89. The summed E-state index contributed by atoms with van der Waals surface area (Å²) < 4.78 is 13.3. The molecule has 0 spiro atoms. The summed E-state index contributed by atoms with van der Waals surface area (Å²) in [7, 11) is 1.72. The van der Waals surface area contributed by atoms with Crippen molar-refractivity contribution in [1.29, 1.82) is 0 Å². The number of carbonyl (C=O) groups excluding carboxylic acids is 3. The molecular formula is C29H39FN4O3. The van der Waals surface area contributed by atoms with Gasteiger partial charge in [-0.15, -0.1) is 0 Å². The maximum Gasteiger partial charge on any atom is 0.245 e. The number of rotatable bonds is 11. The van der Waals surface area contributed by atoms with Crippen molar-refractivity contribution in [2.24, 2.45) is 5.92 Å². The topological polar surface area (TPSA) is 91.4 Å². The summed E-state index contributed by atoms with van der Waals surface area (Å²) in [6, 6.07) is 5.86. The van der Waals surface area contributed by atoms with Gasteiger partial charge in [0, 0.05) is 30.1 Å². The van der Waals surface area contributed by atoms with E-state index >= 15 is 0 Å². The van der Waals surface area contributed by atoms with E-state index in [1.807, 2.05) is 13.8 Å². The Kier molecular flexibility index (Phi) is 10.3. The van der Waals surface area contributed by atoms with Crippen LogP contribution in [-0.2, 0) is 9.59 Å². The molecule has 2 amide bonds. The molecule has 8 heteroatoms. The second-order valence-electron chi connectivity index (χ2n) is 9.79. The lowest BCUT2D eigenvalue weighted by Crippen LogP contribution is -2.56. The van der Waals surface area contributed by atoms with Crippen LogP contribution >= 0.6 is 0 Å². The van der Waals surface area contributed by atoms with E-state index in [9.17, 15) is 18.8 Å². The van der Waals surface area contributed by atoms with E-state index < -0.39 is 17.9 Å². The van der Waals surface area contributed by atoms with Gasteiger partial charge in [-0.1, -0.05) is 26.2 Å². The summed E-state index contributed by atoms with van der Waals surface area (Å²) in [5.41, 5.74) is 1.50. The van der Waals surface area contributed by atoms with Gasteiger partial charge in [-0.2, -0.15) is 0 Å². The maximum atomic E-state index is 14.0. The molecule has 1 saturated carbocycles. The summed E-state index contributed by atoms with van der Waals surface area (Å²) in [6.45, 7) is 6.15. The van der Waals surface area contributed by atoms with Crippen molar-refractivity contribution in [3.8, 4) is 0 Å². The van der Waals surface area contributed by atoms with Gasteiger partial charge < -0.3 is 15.5 Å². The number of aromatic nitrogens is 1. The molecule has 1 aliphatic rings. The first-order chi connectivity index (χ1) is 17.8. The van der Waals surface area contributed by atoms with Crippen molar-refractivity contribution in [3.05, 3.63) is 65.2 Å². The van der Waals surface area contributed by atoms with Crippen LogP contribution in [0.3, 0.4) is 0 Å². The quantitative estimate of drug-likeness (QED) is 0.437. The largest absolute Gasteiger partial charge is 0.343 e. The Bertz CT molecular complexity index is 1070. The van der Waals surface area contributed by atoms with Gasteiger partial charge in [-0.3, -0.25) is 19.4 Å². The minimum absolute atomic E-state index is 0.0883. The van der Waals surface area contributed by atoms with Crippen LogP contribution in [0.5, 0.6) is 0 Å². The van der Waals surface area contributed by atoms with Crippen molar-refractivity contribution < 1.29 is 18.8 Å². The number of likely N-dealkylation sites (N-methyl/N-ethyl adjacent to an activating group) is 2. The van der Waals surface area contributed by atoms with E-state index in [-0.39, 0.29) is 29.6 Å². The first-order valence-corrected chi connectivity index (χ1v) is 13.3. The van der Waals surface area contributed by atoms with Crippen molar-refractivity contribution in [2.45, 2.75) is 77.4 Å². The molecule has 200 valence electrons. The van der Waals surface area contributed by atoms with Crippen LogP contribution in [0.25, 0.3) is 0 Å². The number of carbonyl (C=O) groups is 3. The molecule has 2 N–H and O–H groups in total. The van der Waals surface area contributed by atoms with Crippen molar-refractivity contribution in [1.82, 2.24) is 20.5 Å². The molecule has 0 saturated heterocycles. The molecule has 0 bridgehead atoms. The second kappa shape index (κ2) is 13.4. The number of amides is 2. The molecule has 0 radical (unpaired) electrons. The zero-order chi connectivity index (χ0) is 26.9. The lowest BCUT2D eigenvalue weighted by atomic mass is 9.82. The third kappa shape index (κ3) is 7.01. The molecule has 1 aromatic heterocycles. The van der Waals surface area contributed by atoms with Crippen LogP contribution in [0.1, 0.15) is 86.8 Å². The normalized spacial score (nSPS) is 16.5. The molecule has 1 aliphatic carbocycles. The average molecular weight is 511 g/mol. The van der Waals surface area contributed by atoms with Gasteiger partial charge in [-0.05, 0) is 82.0 Å². The van der Waals surface area contributed by atoms with Crippen molar-refractivity contribution in [2.75, 3.05) is 13.6 Å². The van der Waals surface area contributed by atoms with E-state index in [1.54, 1.807) is 31.1 Å². The van der Waals surface area contributed by atoms with Gasteiger partial charge in [0.25, 0.3) is 0 Å². The molecule has 3 atom stereocenters. The Labute approximate surface area is 219 Å². The molecule has 0 aliphatic heterocycles. The lowest BCUT2D eigenvalue weighted by Gasteiger charge is -2.37. The Morgan fingerprint density at radius 3 is 2.32 bits per heavy atom. The van der Waals surface area contributed by atoms with E-state index in [4.69, 9.17) is 0 Å². The first kappa shape index (κ1) is 28.4. The van der Waals surface area contributed by atoms with Crippen LogP contribution in [0.2, 0.25) is 0 Å². The maximum absolute atomic E-state index is 14.0. The lowest BCUT2D eigenvalue weighted by molar-refractivity contribution is -0.140. The highest BCUT2D eigenvalue weighted by Gasteiger charge is 2.36. The molecule has 1 heterocycles. The monoisotopic (exact) mass is 510 g/mol. The standard InChI is InChI=1S/C29H39FN4O3/c1-5-25(22-16-23(18-32-17-22)27(35)21-12-14-24(30)15-13-21)34(6-2)29(37)26(20-10-8-7-9-11-20)33-28(36)19(3)31-4/h12-20,25-26,31H,5-11H2,1-4H3,(H,33,36). The molecular weight excluding hydrogens is 471 g/mol. The van der Waals surface area contributed by atoms with Gasteiger partial charge in [0.2, 0.25) is 11.8 Å². The van der Waals surface area contributed by atoms with E-state index in [0.29, 0.717) is 24.1 Å². The van der Waals surface area contributed by atoms with Gasteiger partial charge in [-0.25, -0.2) is 4.39 Å². The minimum Gasteiger partial charge on any atom is -0.343 e. The van der Waals surface area contributed by atoms with Crippen molar-refractivity contribution >= 4 is 17.6 Å². The fraction of sp³-hybridized carbons (Fsp3) is 0.517. The van der Waals surface area contributed by atoms with E-state index in [1.165, 1.54) is 30.5 Å². The van der Waals surface area contributed by atoms with Gasteiger partial charge in [0.1, 0.15) is 11.9 Å². The average Bonchev–Trinajstić information content (AvgIpc) is 2.94. The molecule has 37 heavy (non-hydrogen) atoms. The number of pyridine rings is 1. The number of hydrogen-bond donors (Lipinski definition) is 2. The molecule has 3 unspecified atom stereocenters. The Morgan fingerprint density at radius 2 is 1.73 bits per heavy atom. The first-order valence-electron chi connectivity index (χ1n) is 13.3. The predicted octanol–water partition coefficient (Wildman–Crippen LogP) is 4.42. The van der Waals surface area contributed by atoms with Gasteiger partial charge in [0.05, 0.1) is 12.1 Å². The van der Waals surface area contributed by atoms with E-state index in [0.717, 1.165) is 37.7 Å². The highest BCUT2D eigenvalue weighted by atomic mass is 19.1. The highest BCUT2D eigenvalue weighted by molar-refractivity contribution is 6.08. The fourth-order valence-corrected chi connectivity index (χ4v) is 5.13. The summed E-state index contributed by atoms with van der Waals surface area (Å²) >= 11 is 0. The fourth-order valence-electron chi connectivity index (χ4n) is 5.13. The third-order valence-electron chi connectivity index (χ3n) is 7.41. The zero-order valence-corrected chi connectivity index (χ0v) is 22.3.